The average molecular weight is 243 g/mol. The van der Waals surface area contributed by atoms with Gasteiger partial charge in [-0.15, -0.1) is 0 Å². The molecule has 17 heavy (non-hydrogen) atoms. The summed E-state index contributed by atoms with van der Waals surface area (Å²) in [6.07, 6.45) is 3.95. The second-order valence-electron chi connectivity index (χ2n) is 5.98. The van der Waals surface area contributed by atoms with E-state index >= 15 is 0 Å². The molecule has 100 valence electrons. The smallest absolute Gasteiger partial charge is 0.312 e. The van der Waals surface area contributed by atoms with Crippen LogP contribution in [0.25, 0.3) is 0 Å². The van der Waals surface area contributed by atoms with Crippen LogP contribution in [0.1, 0.15) is 39.5 Å². The summed E-state index contributed by atoms with van der Waals surface area (Å²) < 4.78 is 4.78. The summed E-state index contributed by atoms with van der Waals surface area (Å²) in [5.41, 5.74) is -1.08. The predicted octanol–water partition coefficient (Wildman–Crippen LogP) is 1.42. The molecule has 4 nitrogen and oxygen atoms in total. The topological polar surface area (TPSA) is 49.8 Å². The molecule has 0 amide bonds. The van der Waals surface area contributed by atoms with Gasteiger partial charge in [0.2, 0.25) is 0 Å². The summed E-state index contributed by atoms with van der Waals surface area (Å²) in [4.78, 5) is 13.6. The van der Waals surface area contributed by atoms with Gasteiger partial charge in [0.15, 0.2) is 0 Å². The number of carbonyl (C=O) groups is 1. The molecule has 1 aliphatic rings. The maximum atomic E-state index is 11.6. The van der Waals surface area contributed by atoms with Gasteiger partial charge < -0.3 is 14.7 Å². The molecule has 0 aromatic heterocycles. The summed E-state index contributed by atoms with van der Waals surface area (Å²) in [5.74, 6) is -0.206. The number of likely N-dealkylation sites (N-methyl/N-ethyl adjacent to an activating group) is 1. The van der Waals surface area contributed by atoms with E-state index in [9.17, 15) is 9.90 Å². The van der Waals surface area contributed by atoms with Crippen LogP contribution < -0.4 is 0 Å². The van der Waals surface area contributed by atoms with Crippen molar-refractivity contribution >= 4 is 5.97 Å². The highest BCUT2D eigenvalue weighted by Crippen LogP contribution is 2.30. The lowest BCUT2D eigenvalue weighted by Crippen LogP contribution is -2.45. The van der Waals surface area contributed by atoms with Crippen LogP contribution >= 0.6 is 0 Å². The molecule has 0 aromatic rings. The minimum absolute atomic E-state index is 0.206. The highest BCUT2D eigenvalue weighted by molar-refractivity contribution is 5.76. The number of hydrogen-bond acceptors (Lipinski definition) is 4. The summed E-state index contributed by atoms with van der Waals surface area (Å²) in [5, 5.41) is 10.3. The van der Waals surface area contributed by atoms with Gasteiger partial charge in [-0.05, 0) is 33.7 Å². The largest absolute Gasteiger partial charge is 0.469 e. The molecule has 0 atom stereocenters. The molecule has 1 aliphatic carbocycles. The second-order valence-corrected chi connectivity index (χ2v) is 5.98. The first-order valence-electron chi connectivity index (χ1n) is 6.28. The summed E-state index contributed by atoms with van der Waals surface area (Å²) in [7, 11) is 3.36. The molecule has 1 saturated carbocycles. The third-order valence-corrected chi connectivity index (χ3v) is 3.50. The number of nitrogens with zero attached hydrogens (tertiary/aromatic N) is 1. The van der Waals surface area contributed by atoms with Crippen molar-refractivity contribution in [2.24, 2.45) is 5.41 Å². The molecular formula is C13H25NO3. The Morgan fingerprint density at radius 3 is 2.41 bits per heavy atom. The number of hydrogen-bond donors (Lipinski definition) is 1. The maximum Gasteiger partial charge on any atom is 0.312 e. The molecule has 0 bridgehead atoms. The van der Waals surface area contributed by atoms with Crippen LogP contribution in [0, 0.1) is 5.41 Å². The van der Waals surface area contributed by atoms with Gasteiger partial charge in [-0.2, -0.15) is 0 Å². The number of aliphatic hydroxyl groups is 1. The lowest BCUT2D eigenvalue weighted by molar-refractivity contribution is -0.152. The Morgan fingerprint density at radius 1 is 1.41 bits per heavy atom. The molecule has 0 heterocycles. The van der Waals surface area contributed by atoms with Crippen molar-refractivity contribution in [1.29, 1.82) is 0 Å². The first-order chi connectivity index (χ1) is 7.79. The fourth-order valence-corrected chi connectivity index (χ4v) is 2.77. The van der Waals surface area contributed by atoms with E-state index in [1.807, 2.05) is 25.8 Å². The Kier molecular flexibility index (Phi) is 4.55. The van der Waals surface area contributed by atoms with Gasteiger partial charge >= 0.3 is 5.97 Å². The standard InChI is InChI=1S/C13H25NO3/c1-12(2,11(15)17-4)9-14(3)10-13(16)7-5-6-8-13/h16H,5-10H2,1-4H3. The Labute approximate surface area is 104 Å². The zero-order chi connectivity index (χ0) is 13.1. The SMILES string of the molecule is COC(=O)C(C)(C)CN(C)CC1(O)CCCC1. The molecule has 0 radical (unpaired) electrons. The molecule has 0 aliphatic heterocycles. The highest BCUT2D eigenvalue weighted by Gasteiger charge is 2.35. The molecule has 4 heteroatoms. The van der Waals surface area contributed by atoms with Gasteiger partial charge in [0.1, 0.15) is 0 Å². The minimum Gasteiger partial charge on any atom is -0.469 e. The Hall–Kier alpha value is -0.610. The van der Waals surface area contributed by atoms with Crippen molar-refractivity contribution in [2.75, 3.05) is 27.2 Å². The Morgan fingerprint density at radius 2 is 1.94 bits per heavy atom. The molecule has 1 fully saturated rings. The van der Waals surface area contributed by atoms with Crippen LogP contribution in [0.2, 0.25) is 0 Å². The summed E-state index contributed by atoms with van der Waals surface area (Å²) in [6, 6.07) is 0. The molecule has 0 unspecified atom stereocenters. The van der Waals surface area contributed by atoms with E-state index < -0.39 is 11.0 Å². The first kappa shape index (κ1) is 14.5. The van der Waals surface area contributed by atoms with E-state index in [-0.39, 0.29) is 5.97 Å². The fourth-order valence-electron chi connectivity index (χ4n) is 2.77. The van der Waals surface area contributed by atoms with Crippen molar-refractivity contribution in [1.82, 2.24) is 4.90 Å². The van der Waals surface area contributed by atoms with Crippen molar-refractivity contribution < 1.29 is 14.6 Å². The average Bonchev–Trinajstić information content (AvgIpc) is 2.62. The van der Waals surface area contributed by atoms with Gasteiger partial charge in [-0.1, -0.05) is 12.8 Å². The zero-order valence-electron chi connectivity index (χ0n) is 11.5. The van der Waals surface area contributed by atoms with Gasteiger partial charge in [0, 0.05) is 13.1 Å². The Bertz CT molecular complexity index is 270. The van der Waals surface area contributed by atoms with Crippen LogP contribution in [0.5, 0.6) is 0 Å². The third-order valence-electron chi connectivity index (χ3n) is 3.50. The van der Waals surface area contributed by atoms with E-state index in [1.165, 1.54) is 7.11 Å². The molecular weight excluding hydrogens is 218 g/mol. The molecule has 1 rings (SSSR count). The minimum atomic E-state index is -0.555. The lowest BCUT2D eigenvalue weighted by Gasteiger charge is -2.33. The normalized spacial score (nSPS) is 19.6. The summed E-state index contributed by atoms with van der Waals surface area (Å²) in [6.45, 7) is 4.97. The van der Waals surface area contributed by atoms with E-state index in [2.05, 4.69) is 0 Å². The van der Waals surface area contributed by atoms with E-state index in [0.29, 0.717) is 13.1 Å². The number of carbonyl (C=O) groups excluding carboxylic acids is 1. The van der Waals surface area contributed by atoms with Crippen molar-refractivity contribution in [2.45, 2.75) is 45.1 Å². The highest BCUT2D eigenvalue weighted by atomic mass is 16.5. The van der Waals surface area contributed by atoms with Crippen LogP contribution in [0.4, 0.5) is 0 Å². The third kappa shape index (κ3) is 3.96. The maximum absolute atomic E-state index is 11.6. The number of methoxy groups -OCH3 is 1. The van der Waals surface area contributed by atoms with Crippen molar-refractivity contribution in [3.63, 3.8) is 0 Å². The molecule has 0 spiro atoms. The van der Waals surface area contributed by atoms with Crippen molar-refractivity contribution in [3.05, 3.63) is 0 Å². The van der Waals surface area contributed by atoms with Crippen LogP contribution in [0.3, 0.4) is 0 Å². The first-order valence-corrected chi connectivity index (χ1v) is 6.28. The van der Waals surface area contributed by atoms with Gasteiger partial charge in [0.25, 0.3) is 0 Å². The quantitative estimate of drug-likeness (QED) is 0.742. The molecule has 1 N–H and O–H groups in total. The zero-order valence-corrected chi connectivity index (χ0v) is 11.5. The van der Waals surface area contributed by atoms with Crippen LogP contribution in [0.15, 0.2) is 0 Å². The summed E-state index contributed by atoms with van der Waals surface area (Å²) >= 11 is 0. The second kappa shape index (κ2) is 5.36. The van der Waals surface area contributed by atoms with Crippen molar-refractivity contribution in [3.8, 4) is 0 Å². The Balaban J connectivity index is 2.48. The predicted molar refractivity (Wildman–Crippen MR) is 66.7 cm³/mol. The van der Waals surface area contributed by atoms with Crippen LogP contribution in [-0.2, 0) is 9.53 Å². The molecule has 0 aromatic carbocycles. The fraction of sp³-hybridized carbons (Fsp3) is 0.923. The lowest BCUT2D eigenvalue weighted by atomic mass is 9.92. The van der Waals surface area contributed by atoms with E-state index in [1.54, 1.807) is 0 Å². The van der Waals surface area contributed by atoms with E-state index in [0.717, 1.165) is 25.7 Å². The number of rotatable bonds is 5. The number of ether oxygens (including phenoxy) is 1. The number of esters is 1. The van der Waals surface area contributed by atoms with E-state index in [4.69, 9.17) is 4.74 Å². The van der Waals surface area contributed by atoms with Gasteiger partial charge in [0.05, 0.1) is 18.1 Å². The monoisotopic (exact) mass is 243 g/mol. The van der Waals surface area contributed by atoms with Gasteiger partial charge in [-0.25, -0.2) is 0 Å². The van der Waals surface area contributed by atoms with Gasteiger partial charge in [-0.3, -0.25) is 4.79 Å². The van der Waals surface area contributed by atoms with Crippen LogP contribution in [-0.4, -0.2) is 48.8 Å². The molecule has 0 saturated heterocycles.